The van der Waals surface area contributed by atoms with Crippen LogP contribution in [0, 0.1) is 28.9 Å². The molecule has 0 radical (unpaired) electrons. The number of carbonyl (C=O) groups excluding carboxylic acids is 1. The predicted molar refractivity (Wildman–Crippen MR) is 118 cm³/mol. The summed E-state index contributed by atoms with van der Waals surface area (Å²) in [6, 6.07) is 4.01. The topological polar surface area (TPSA) is 63.5 Å². The summed E-state index contributed by atoms with van der Waals surface area (Å²) in [4.78, 5) is 21.5. The summed E-state index contributed by atoms with van der Waals surface area (Å²) in [6.45, 7) is 3.16. The van der Waals surface area contributed by atoms with Gasteiger partial charge in [0.05, 0.1) is 12.1 Å². The molecule has 2 aliphatic heterocycles. The second-order valence-corrected chi connectivity index (χ2v) is 11.3. The zero-order valence-corrected chi connectivity index (χ0v) is 19.1. The highest BCUT2D eigenvalue weighted by atomic mass is 19.1. The number of amides is 2. The third-order valence-corrected chi connectivity index (χ3v) is 8.67. The summed E-state index contributed by atoms with van der Waals surface area (Å²) in [7, 11) is 0. The quantitative estimate of drug-likeness (QED) is 0.680. The standard InChI is InChI=1S/C25H29F2N5O2/c26-18-3-4-22(21(27)7-18)34-20-5-16-10-30(11-17(16)6-20)24(33)31-12-25(13-31)8-19(9-25)32-14-28-23(29-32)15-1-2-15/h3-4,7,14-17,19-20H,1-2,5-6,8-13H2. The number of nitrogens with zero attached hydrogens (tertiary/aromatic N) is 5. The van der Waals surface area contributed by atoms with Crippen LogP contribution in [-0.2, 0) is 0 Å². The lowest BCUT2D eigenvalue weighted by Gasteiger charge is -2.59. The van der Waals surface area contributed by atoms with Crippen molar-refractivity contribution in [3.05, 3.63) is 42.0 Å². The van der Waals surface area contributed by atoms with Gasteiger partial charge in [-0.2, -0.15) is 5.10 Å². The number of hydrogen-bond acceptors (Lipinski definition) is 4. The Kier molecular flexibility index (Phi) is 4.49. The summed E-state index contributed by atoms with van der Waals surface area (Å²) < 4.78 is 34.9. The van der Waals surface area contributed by atoms with Crippen molar-refractivity contribution in [2.75, 3.05) is 26.2 Å². The van der Waals surface area contributed by atoms with E-state index in [4.69, 9.17) is 4.74 Å². The third-order valence-electron chi connectivity index (χ3n) is 8.67. The Labute approximate surface area is 197 Å². The molecule has 1 aromatic heterocycles. The summed E-state index contributed by atoms with van der Waals surface area (Å²) >= 11 is 0. The number of carbonyl (C=O) groups is 1. The largest absolute Gasteiger partial charge is 0.487 e. The van der Waals surface area contributed by atoms with Crippen molar-refractivity contribution >= 4 is 6.03 Å². The van der Waals surface area contributed by atoms with Gasteiger partial charge in [0.1, 0.15) is 12.1 Å². The second-order valence-electron chi connectivity index (χ2n) is 11.3. The third kappa shape index (κ3) is 3.46. The fraction of sp³-hybridized carbons (Fsp3) is 0.640. The van der Waals surface area contributed by atoms with E-state index in [1.807, 2.05) is 20.8 Å². The van der Waals surface area contributed by atoms with E-state index in [9.17, 15) is 13.6 Å². The van der Waals surface area contributed by atoms with Crippen molar-refractivity contribution in [2.45, 2.75) is 56.6 Å². The van der Waals surface area contributed by atoms with Gasteiger partial charge in [0.2, 0.25) is 0 Å². The first-order chi connectivity index (χ1) is 16.4. The van der Waals surface area contributed by atoms with E-state index >= 15 is 0 Å². The van der Waals surface area contributed by atoms with Crippen molar-refractivity contribution in [1.29, 1.82) is 0 Å². The van der Waals surface area contributed by atoms with Crippen LogP contribution in [0.1, 0.15) is 56.3 Å². The van der Waals surface area contributed by atoms with Crippen molar-refractivity contribution in [3.63, 3.8) is 0 Å². The van der Waals surface area contributed by atoms with Crippen LogP contribution in [-0.4, -0.2) is 62.9 Å². The van der Waals surface area contributed by atoms with Gasteiger partial charge in [0.25, 0.3) is 0 Å². The van der Waals surface area contributed by atoms with E-state index in [0.29, 0.717) is 23.8 Å². The molecule has 5 aliphatic rings. The molecule has 2 unspecified atom stereocenters. The van der Waals surface area contributed by atoms with E-state index in [2.05, 4.69) is 10.1 Å². The van der Waals surface area contributed by atoms with Crippen LogP contribution >= 0.6 is 0 Å². The predicted octanol–water partition coefficient (Wildman–Crippen LogP) is 3.98. The van der Waals surface area contributed by atoms with Crippen LogP contribution in [0.15, 0.2) is 24.5 Å². The molecule has 2 aromatic rings. The summed E-state index contributed by atoms with van der Waals surface area (Å²) in [5, 5.41) is 4.68. The fourth-order valence-corrected chi connectivity index (χ4v) is 6.72. The molecule has 5 fully saturated rings. The minimum Gasteiger partial charge on any atom is -0.487 e. The molecule has 7 rings (SSSR count). The lowest BCUT2D eigenvalue weighted by atomic mass is 9.61. The van der Waals surface area contributed by atoms with Crippen molar-refractivity contribution in [3.8, 4) is 5.75 Å². The zero-order valence-electron chi connectivity index (χ0n) is 19.1. The van der Waals surface area contributed by atoms with E-state index in [0.717, 1.165) is 63.8 Å². The molecular weight excluding hydrogens is 440 g/mol. The number of likely N-dealkylation sites (tertiary alicyclic amines) is 2. The van der Waals surface area contributed by atoms with Crippen LogP contribution in [0.3, 0.4) is 0 Å². The highest BCUT2D eigenvalue weighted by molar-refractivity contribution is 5.76. The Hall–Kier alpha value is -2.71. The highest BCUT2D eigenvalue weighted by Gasteiger charge is 2.56. The first kappa shape index (κ1) is 20.6. The maximum Gasteiger partial charge on any atom is 0.320 e. The average Bonchev–Trinajstić information content (AvgIpc) is 3.17. The number of hydrogen-bond donors (Lipinski definition) is 0. The number of urea groups is 1. The molecule has 2 saturated heterocycles. The minimum absolute atomic E-state index is 0.0800. The summed E-state index contributed by atoms with van der Waals surface area (Å²) in [6.07, 6.45) is 8.00. The van der Waals surface area contributed by atoms with Crippen LogP contribution in [0.5, 0.6) is 5.75 Å². The van der Waals surface area contributed by atoms with Crippen LogP contribution < -0.4 is 4.74 Å². The highest BCUT2D eigenvalue weighted by Crippen LogP contribution is 2.54. The molecule has 1 spiro atoms. The van der Waals surface area contributed by atoms with Gasteiger partial charge in [0, 0.05) is 43.6 Å². The molecule has 3 saturated carbocycles. The van der Waals surface area contributed by atoms with Gasteiger partial charge in [-0.15, -0.1) is 0 Å². The van der Waals surface area contributed by atoms with Gasteiger partial charge in [-0.25, -0.2) is 23.2 Å². The molecular formula is C25H29F2N5O2. The minimum atomic E-state index is -0.661. The smallest absolute Gasteiger partial charge is 0.320 e. The maximum atomic E-state index is 13.9. The lowest BCUT2D eigenvalue weighted by molar-refractivity contribution is -0.0735. The molecule has 3 aliphatic carbocycles. The van der Waals surface area contributed by atoms with E-state index in [1.54, 1.807) is 0 Å². The number of halogens is 2. The SMILES string of the molecule is O=C(N1CC2CC(Oc3ccc(F)cc3F)CC2C1)N1CC2(CC(n3cnc(C4CC4)n3)C2)C1. The molecule has 3 heterocycles. The van der Waals surface area contributed by atoms with Gasteiger partial charge >= 0.3 is 6.03 Å². The second kappa shape index (κ2) is 7.39. The van der Waals surface area contributed by atoms with Crippen LogP contribution in [0.2, 0.25) is 0 Å². The van der Waals surface area contributed by atoms with Gasteiger partial charge in [-0.05, 0) is 62.5 Å². The average molecular weight is 470 g/mol. The van der Waals surface area contributed by atoms with E-state index < -0.39 is 11.6 Å². The molecule has 1 aromatic carbocycles. The Morgan fingerprint density at radius 2 is 1.79 bits per heavy atom. The Morgan fingerprint density at radius 1 is 1.06 bits per heavy atom. The number of ether oxygens (including phenoxy) is 1. The van der Waals surface area contributed by atoms with Crippen molar-refractivity contribution in [1.82, 2.24) is 24.6 Å². The van der Waals surface area contributed by atoms with E-state index in [-0.39, 0.29) is 23.3 Å². The number of benzene rings is 1. The number of rotatable bonds is 4. The monoisotopic (exact) mass is 469 g/mol. The first-order valence-electron chi connectivity index (χ1n) is 12.5. The zero-order chi connectivity index (χ0) is 23.0. The Morgan fingerprint density at radius 3 is 2.47 bits per heavy atom. The van der Waals surface area contributed by atoms with Crippen molar-refractivity contribution < 1.29 is 18.3 Å². The molecule has 7 nitrogen and oxygen atoms in total. The molecule has 0 bridgehead atoms. The van der Waals surface area contributed by atoms with Crippen molar-refractivity contribution in [2.24, 2.45) is 17.3 Å². The Bertz CT molecular complexity index is 1110. The van der Waals surface area contributed by atoms with E-state index in [1.165, 1.54) is 25.0 Å². The molecule has 2 atom stereocenters. The number of fused-ring (bicyclic) bond motifs is 1. The molecule has 34 heavy (non-hydrogen) atoms. The Balaban J connectivity index is 0.884. The summed E-state index contributed by atoms with van der Waals surface area (Å²) in [5.41, 5.74) is 0.264. The van der Waals surface area contributed by atoms with Gasteiger partial charge in [-0.1, -0.05) is 0 Å². The normalized spacial score (nSPS) is 29.8. The first-order valence-corrected chi connectivity index (χ1v) is 12.5. The molecule has 180 valence electrons. The van der Waals surface area contributed by atoms with Gasteiger partial charge in [0.15, 0.2) is 17.4 Å². The maximum absolute atomic E-state index is 13.9. The van der Waals surface area contributed by atoms with Crippen LogP contribution in [0.4, 0.5) is 13.6 Å². The fourth-order valence-electron chi connectivity index (χ4n) is 6.72. The van der Waals surface area contributed by atoms with Crippen LogP contribution in [0.25, 0.3) is 0 Å². The summed E-state index contributed by atoms with van der Waals surface area (Å²) in [5.74, 6) is 1.19. The molecule has 2 amide bonds. The number of aromatic nitrogens is 3. The van der Waals surface area contributed by atoms with Gasteiger partial charge < -0.3 is 14.5 Å². The van der Waals surface area contributed by atoms with Gasteiger partial charge in [-0.3, -0.25) is 0 Å². The molecule has 9 heteroatoms. The lowest BCUT2D eigenvalue weighted by Crippen LogP contribution is -2.65. The molecule has 0 N–H and O–H groups in total.